The largest absolute Gasteiger partial charge is 0.488 e. The number of rotatable bonds is 3. The van der Waals surface area contributed by atoms with E-state index < -0.39 is 5.41 Å². The number of carbonyl (C=O) groups excluding carboxylic acids is 2. The maximum atomic E-state index is 12.3. The third-order valence-corrected chi connectivity index (χ3v) is 4.50. The lowest BCUT2D eigenvalue weighted by Gasteiger charge is -2.32. The number of fused-ring (bicyclic) bond motifs is 3. The van der Waals surface area contributed by atoms with Crippen LogP contribution in [-0.4, -0.2) is 43.3 Å². The SMILES string of the molecule is Cc1ccc2c(c1)[C@]1(C)C=C(NC(=O)CN(C)C)C(=O)C[C@@H]1O2. The van der Waals surface area contributed by atoms with E-state index in [1.54, 1.807) is 4.90 Å². The van der Waals surface area contributed by atoms with Gasteiger partial charge in [-0.2, -0.15) is 0 Å². The molecule has 0 spiro atoms. The van der Waals surface area contributed by atoms with E-state index in [4.69, 9.17) is 4.74 Å². The molecule has 0 saturated carbocycles. The fraction of sp³-hybridized carbons (Fsp3) is 0.444. The molecular weight excluding hydrogens is 292 g/mol. The van der Waals surface area contributed by atoms with Crippen molar-refractivity contribution in [1.29, 1.82) is 0 Å². The van der Waals surface area contributed by atoms with Crippen molar-refractivity contribution in [3.05, 3.63) is 41.1 Å². The summed E-state index contributed by atoms with van der Waals surface area (Å²) in [6.07, 6.45) is 1.93. The van der Waals surface area contributed by atoms with Gasteiger partial charge in [0.1, 0.15) is 11.9 Å². The van der Waals surface area contributed by atoms with Gasteiger partial charge in [0.05, 0.1) is 24.1 Å². The predicted octanol–water partition coefficient (Wildman–Crippen LogP) is 1.55. The molecule has 0 aromatic heterocycles. The van der Waals surface area contributed by atoms with E-state index in [2.05, 4.69) is 18.3 Å². The second-order valence-electron chi connectivity index (χ2n) is 6.86. The first-order chi connectivity index (χ1) is 10.8. The normalized spacial score (nSPS) is 25.5. The summed E-state index contributed by atoms with van der Waals surface area (Å²) in [5.74, 6) is 0.567. The summed E-state index contributed by atoms with van der Waals surface area (Å²) < 4.78 is 5.97. The highest BCUT2D eigenvalue weighted by Crippen LogP contribution is 2.47. The van der Waals surface area contributed by atoms with Gasteiger partial charge in [-0.3, -0.25) is 9.59 Å². The Labute approximate surface area is 136 Å². The van der Waals surface area contributed by atoms with Gasteiger partial charge < -0.3 is 15.0 Å². The first-order valence-electron chi connectivity index (χ1n) is 7.78. The molecule has 5 nitrogen and oxygen atoms in total. The lowest BCUT2D eigenvalue weighted by Crippen LogP contribution is -2.44. The van der Waals surface area contributed by atoms with Crippen LogP contribution in [0.3, 0.4) is 0 Å². The van der Waals surface area contributed by atoms with E-state index in [0.717, 1.165) is 16.9 Å². The molecule has 1 aromatic carbocycles. The van der Waals surface area contributed by atoms with Crippen molar-refractivity contribution in [2.75, 3.05) is 20.6 Å². The van der Waals surface area contributed by atoms with Crippen LogP contribution in [0.1, 0.15) is 24.5 Å². The highest BCUT2D eigenvalue weighted by Gasteiger charge is 2.48. The van der Waals surface area contributed by atoms with Gasteiger partial charge >= 0.3 is 0 Å². The van der Waals surface area contributed by atoms with Crippen molar-refractivity contribution in [1.82, 2.24) is 10.2 Å². The molecule has 0 fully saturated rings. The second-order valence-corrected chi connectivity index (χ2v) is 6.86. The number of ether oxygens (including phenoxy) is 1. The zero-order valence-corrected chi connectivity index (χ0v) is 14.0. The molecule has 122 valence electrons. The number of hydrogen-bond donors (Lipinski definition) is 1. The molecule has 0 bridgehead atoms. The van der Waals surface area contributed by atoms with Gasteiger partial charge in [0, 0.05) is 5.56 Å². The molecule has 1 N–H and O–H groups in total. The number of aryl methyl sites for hydroxylation is 1. The molecule has 5 heteroatoms. The molecule has 1 aromatic rings. The van der Waals surface area contributed by atoms with Crippen molar-refractivity contribution in [2.24, 2.45) is 0 Å². The number of likely N-dealkylation sites (N-methyl/N-ethyl adjacent to an activating group) is 1. The van der Waals surface area contributed by atoms with Gasteiger partial charge in [0.15, 0.2) is 5.78 Å². The summed E-state index contributed by atoms with van der Waals surface area (Å²) in [6.45, 7) is 4.35. The number of carbonyl (C=O) groups is 2. The van der Waals surface area contributed by atoms with Gasteiger partial charge in [-0.05, 0) is 40.1 Å². The Balaban J connectivity index is 1.94. The third-order valence-electron chi connectivity index (χ3n) is 4.50. The minimum atomic E-state index is -0.393. The summed E-state index contributed by atoms with van der Waals surface area (Å²) in [6, 6.07) is 6.06. The summed E-state index contributed by atoms with van der Waals surface area (Å²) in [5, 5.41) is 2.76. The minimum absolute atomic E-state index is 0.0795. The average molecular weight is 314 g/mol. The fourth-order valence-corrected chi connectivity index (χ4v) is 3.28. The Kier molecular flexibility index (Phi) is 3.76. The molecule has 0 radical (unpaired) electrons. The van der Waals surface area contributed by atoms with Crippen LogP contribution in [0.15, 0.2) is 30.0 Å². The van der Waals surface area contributed by atoms with E-state index in [1.165, 1.54) is 0 Å². The molecule has 1 aliphatic heterocycles. The Hall–Kier alpha value is -2.14. The molecular formula is C18H22N2O3. The molecule has 1 heterocycles. The van der Waals surface area contributed by atoms with Crippen LogP contribution in [-0.2, 0) is 15.0 Å². The van der Waals surface area contributed by atoms with Gasteiger partial charge in [-0.25, -0.2) is 0 Å². The smallest absolute Gasteiger partial charge is 0.238 e. The molecule has 2 atom stereocenters. The van der Waals surface area contributed by atoms with Crippen molar-refractivity contribution in [3.8, 4) is 5.75 Å². The number of allylic oxidation sites excluding steroid dienone is 1. The lowest BCUT2D eigenvalue weighted by molar-refractivity contribution is -0.124. The Bertz CT molecular complexity index is 708. The Morgan fingerprint density at radius 3 is 2.87 bits per heavy atom. The Morgan fingerprint density at radius 1 is 1.43 bits per heavy atom. The average Bonchev–Trinajstić information content (AvgIpc) is 2.71. The summed E-state index contributed by atoms with van der Waals surface area (Å²) >= 11 is 0. The van der Waals surface area contributed by atoms with E-state index >= 15 is 0 Å². The molecule has 0 unspecified atom stereocenters. The van der Waals surface area contributed by atoms with Crippen LogP contribution in [0, 0.1) is 6.92 Å². The lowest BCUT2D eigenvalue weighted by atomic mass is 9.73. The minimum Gasteiger partial charge on any atom is -0.488 e. The molecule has 2 aliphatic rings. The molecule has 23 heavy (non-hydrogen) atoms. The summed E-state index contributed by atoms with van der Waals surface area (Å²) in [4.78, 5) is 26.1. The molecule has 1 aliphatic carbocycles. The standard InChI is InChI=1S/C18H22N2O3/c1-11-5-6-15-12(7-11)18(2)9-13(14(21)8-16(18)23-15)19-17(22)10-20(3)4/h5-7,9,16H,8,10H2,1-4H3,(H,19,22)/t16-,18-/m0/s1. The predicted molar refractivity (Wildman–Crippen MR) is 87.4 cm³/mol. The number of benzene rings is 1. The van der Waals surface area contributed by atoms with Crippen molar-refractivity contribution in [3.63, 3.8) is 0 Å². The fourth-order valence-electron chi connectivity index (χ4n) is 3.28. The van der Waals surface area contributed by atoms with Crippen molar-refractivity contribution >= 4 is 11.7 Å². The zero-order valence-electron chi connectivity index (χ0n) is 14.0. The van der Waals surface area contributed by atoms with Crippen LogP contribution >= 0.6 is 0 Å². The first-order valence-corrected chi connectivity index (χ1v) is 7.78. The molecule has 0 saturated heterocycles. The van der Waals surface area contributed by atoms with Gasteiger partial charge in [-0.15, -0.1) is 0 Å². The van der Waals surface area contributed by atoms with E-state index in [-0.39, 0.29) is 30.8 Å². The first kappa shape index (κ1) is 15.7. The van der Waals surface area contributed by atoms with Crippen LogP contribution in [0.4, 0.5) is 0 Å². The molecule has 1 amide bonds. The number of amides is 1. The maximum Gasteiger partial charge on any atom is 0.238 e. The van der Waals surface area contributed by atoms with E-state index in [0.29, 0.717) is 5.70 Å². The summed E-state index contributed by atoms with van der Waals surface area (Å²) in [5.41, 5.74) is 2.22. The monoisotopic (exact) mass is 314 g/mol. The summed E-state index contributed by atoms with van der Waals surface area (Å²) in [7, 11) is 3.63. The number of Topliss-reactive ketones (excluding diaryl/α,β-unsaturated/α-hetero) is 1. The highest BCUT2D eigenvalue weighted by atomic mass is 16.5. The van der Waals surface area contributed by atoms with Crippen LogP contribution < -0.4 is 10.1 Å². The number of ketones is 1. The van der Waals surface area contributed by atoms with Crippen molar-refractivity contribution < 1.29 is 14.3 Å². The number of nitrogens with one attached hydrogen (secondary N) is 1. The third kappa shape index (κ3) is 2.77. The van der Waals surface area contributed by atoms with Gasteiger partial charge in [-0.1, -0.05) is 17.7 Å². The van der Waals surface area contributed by atoms with Gasteiger partial charge in [0.2, 0.25) is 5.91 Å². The molecule has 3 rings (SSSR count). The second kappa shape index (κ2) is 5.49. The highest BCUT2D eigenvalue weighted by molar-refractivity contribution is 6.01. The van der Waals surface area contributed by atoms with E-state index in [9.17, 15) is 9.59 Å². The number of nitrogens with zero attached hydrogens (tertiary/aromatic N) is 1. The zero-order chi connectivity index (χ0) is 16.8. The van der Waals surface area contributed by atoms with Crippen molar-refractivity contribution in [2.45, 2.75) is 31.8 Å². The van der Waals surface area contributed by atoms with Crippen LogP contribution in [0.5, 0.6) is 5.75 Å². The topological polar surface area (TPSA) is 58.6 Å². The maximum absolute atomic E-state index is 12.3. The quantitative estimate of drug-likeness (QED) is 0.919. The Morgan fingerprint density at radius 2 is 2.17 bits per heavy atom. The van der Waals surface area contributed by atoms with Crippen LogP contribution in [0.25, 0.3) is 0 Å². The number of hydrogen-bond acceptors (Lipinski definition) is 4. The van der Waals surface area contributed by atoms with E-state index in [1.807, 2.05) is 39.2 Å². The van der Waals surface area contributed by atoms with Gasteiger partial charge in [0.25, 0.3) is 0 Å². The van der Waals surface area contributed by atoms with Crippen LogP contribution in [0.2, 0.25) is 0 Å².